The molecule has 1 heterocycles. The predicted molar refractivity (Wildman–Crippen MR) is 112 cm³/mol. The molecule has 150 valence electrons. The summed E-state index contributed by atoms with van der Waals surface area (Å²) >= 11 is 7.23. The zero-order valence-electron chi connectivity index (χ0n) is 14.6. The maximum Gasteiger partial charge on any atom is 0.342 e. The molecule has 0 radical (unpaired) electrons. The van der Waals surface area contributed by atoms with Gasteiger partial charge in [-0.05, 0) is 46.2 Å². The van der Waals surface area contributed by atoms with E-state index in [0.29, 0.717) is 16.0 Å². The molecule has 0 saturated heterocycles. The number of carbonyl (C=O) groups is 1. The van der Waals surface area contributed by atoms with E-state index in [2.05, 4.69) is 5.32 Å². The van der Waals surface area contributed by atoms with Crippen LogP contribution in [0.25, 0.3) is 16.2 Å². The molecule has 0 aliphatic carbocycles. The summed E-state index contributed by atoms with van der Waals surface area (Å²) in [6.45, 7) is 0. The number of halogens is 1. The van der Waals surface area contributed by atoms with Crippen LogP contribution in [0.4, 0.5) is 5.69 Å². The number of thiophene rings is 1. The molecule has 0 bridgehead atoms. The molecule has 3 rings (SSSR count). The number of hydrogen-bond acceptors (Lipinski definition) is 5. The third-order valence-corrected chi connectivity index (χ3v) is 6.43. The zero-order valence-corrected chi connectivity index (χ0v) is 17.0. The van der Waals surface area contributed by atoms with Gasteiger partial charge in [-0.3, -0.25) is 19.5 Å². The fourth-order valence-corrected chi connectivity index (χ4v) is 4.95. The number of nitro groups is 1. The van der Waals surface area contributed by atoms with Crippen LogP contribution in [0.5, 0.6) is 0 Å². The Labute approximate surface area is 173 Å². The normalized spacial score (nSPS) is 12.9. The van der Waals surface area contributed by atoms with E-state index < -0.39 is 24.1 Å². The first-order valence-corrected chi connectivity index (χ1v) is 11.0. The van der Waals surface area contributed by atoms with Crippen molar-refractivity contribution in [2.75, 3.05) is 0 Å². The number of hydrogen-bond donors (Lipinski definition) is 3. The van der Waals surface area contributed by atoms with E-state index in [4.69, 9.17) is 11.6 Å². The Kier molecular flexibility index (Phi) is 6.16. The van der Waals surface area contributed by atoms with Crippen molar-refractivity contribution in [3.05, 3.63) is 80.3 Å². The van der Waals surface area contributed by atoms with Crippen molar-refractivity contribution in [3.63, 3.8) is 0 Å². The van der Waals surface area contributed by atoms with E-state index in [1.807, 2.05) is 0 Å². The number of nitrogens with one attached hydrogen (secondary N) is 1. The van der Waals surface area contributed by atoms with Crippen LogP contribution in [0.15, 0.2) is 54.0 Å². The molecular formula is C18H14ClN2O6PS. The predicted octanol–water partition coefficient (Wildman–Crippen LogP) is 4.47. The van der Waals surface area contributed by atoms with Gasteiger partial charge in [0.1, 0.15) is 0 Å². The number of nitrogens with zero attached hydrogens (tertiary/aromatic N) is 1. The van der Waals surface area contributed by atoms with Crippen molar-refractivity contribution in [2.45, 2.75) is 5.66 Å². The second-order valence-corrected chi connectivity index (χ2v) is 9.06. The number of nitro benzene ring substituents is 1. The van der Waals surface area contributed by atoms with E-state index in [9.17, 15) is 29.3 Å². The van der Waals surface area contributed by atoms with Gasteiger partial charge in [0.15, 0.2) is 5.66 Å². The summed E-state index contributed by atoms with van der Waals surface area (Å²) < 4.78 is 12.8. The molecule has 3 aromatic rings. The Morgan fingerprint density at radius 3 is 2.72 bits per heavy atom. The summed E-state index contributed by atoms with van der Waals surface area (Å²) in [5, 5.41) is 15.6. The SMILES string of the molecule is O=C(N/C=C/c1cccc([N+](=O)[O-])c1)C(c1csc2ccc(Cl)cc12)P(=O)(O)O. The summed E-state index contributed by atoms with van der Waals surface area (Å²) in [5.41, 5.74) is -1.21. The lowest BCUT2D eigenvalue weighted by molar-refractivity contribution is -0.384. The van der Waals surface area contributed by atoms with Crippen molar-refractivity contribution < 1.29 is 24.1 Å². The third kappa shape index (κ3) is 4.90. The first-order valence-electron chi connectivity index (χ1n) is 8.10. The van der Waals surface area contributed by atoms with Crippen LogP contribution in [0.3, 0.4) is 0 Å². The molecule has 29 heavy (non-hydrogen) atoms. The molecule has 8 nitrogen and oxygen atoms in total. The number of non-ortho nitro benzene ring substituents is 1. The van der Waals surface area contributed by atoms with E-state index in [1.165, 1.54) is 47.2 Å². The molecule has 3 N–H and O–H groups in total. The van der Waals surface area contributed by atoms with Crippen LogP contribution in [-0.4, -0.2) is 20.6 Å². The molecule has 1 aromatic heterocycles. The van der Waals surface area contributed by atoms with E-state index >= 15 is 0 Å². The Hall–Kier alpha value is -2.55. The van der Waals surface area contributed by atoms with Crippen LogP contribution in [0.1, 0.15) is 16.8 Å². The zero-order chi connectivity index (χ0) is 21.2. The number of rotatable bonds is 6. The Bertz CT molecular complexity index is 1170. The van der Waals surface area contributed by atoms with Crippen LogP contribution in [-0.2, 0) is 9.36 Å². The molecule has 0 fully saturated rings. The highest BCUT2D eigenvalue weighted by Gasteiger charge is 2.38. The van der Waals surface area contributed by atoms with Crippen LogP contribution >= 0.6 is 30.5 Å². The lowest BCUT2D eigenvalue weighted by atomic mass is 10.1. The molecule has 1 unspecified atom stereocenters. The number of amides is 1. The summed E-state index contributed by atoms with van der Waals surface area (Å²) in [7, 11) is -4.84. The molecular weight excluding hydrogens is 439 g/mol. The van der Waals surface area contributed by atoms with Gasteiger partial charge in [0, 0.05) is 28.1 Å². The largest absolute Gasteiger partial charge is 0.342 e. The van der Waals surface area contributed by atoms with Crippen molar-refractivity contribution in [3.8, 4) is 0 Å². The highest BCUT2D eigenvalue weighted by Crippen LogP contribution is 2.54. The van der Waals surface area contributed by atoms with Gasteiger partial charge in [0.05, 0.1) is 4.92 Å². The van der Waals surface area contributed by atoms with Crippen molar-refractivity contribution in [1.82, 2.24) is 5.32 Å². The number of fused-ring (bicyclic) bond motifs is 1. The van der Waals surface area contributed by atoms with Gasteiger partial charge < -0.3 is 15.1 Å². The van der Waals surface area contributed by atoms with Crippen molar-refractivity contribution in [1.29, 1.82) is 0 Å². The quantitative estimate of drug-likeness (QED) is 0.287. The second-order valence-electron chi connectivity index (χ2n) is 6.02. The highest BCUT2D eigenvalue weighted by atomic mass is 35.5. The fraction of sp³-hybridized carbons (Fsp3) is 0.0556. The molecule has 1 atom stereocenters. The third-order valence-electron chi connectivity index (χ3n) is 4.03. The number of benzene rings is 2. The van der Waals surface area contributed by atoms with Gasteiger partial charge in [0.2, 0.25) is 5.91 Å². The van der Waals surface area contributed by atoms with Gasteiger partial charge in [-0.1, -0.05) is 23.7 Å². The molecule has 0 aliphatic heterocycles. The highest BCUT2D eigenvalue weighted by molar-refractivity contribution is 7.53. The molecule has 1 amide bonds. The summed E-state index contributed by atoms with van der Waals surface area (Å²) in [4.78, 5) is 42.4. The maximum absolute atomic E-state index is 12.6. The minimum Gasteiger partial charge on any atom is -0.332 e. The molecule has 2 aromatic carbocycles. The Morgan fingerprint density at radius 2 is 2.03 bits per heavy atom. The van der Waals surface area contributed by atoms with Gasteiger partial charge in [-0.25, -0.2) is 0 Å². The van der Waals surface area contributed by atoms with Crippen LogP contribution < -0.4 is 5.32 Å². The van der Waals surface area contributed by atoms with E-state index in [0.717, 1.165) is 4.70 Å². The van der Waals surface area contributed by atoms with Gasteiger partial charge in [0.25, 0.3) is 5.69 Å². The lowest BCUT2D eigenvalue weighted by Gasteiger charge is -2.16. The molecule has 0 aliphatic rings. The van der Waals surface area contributed by atoms with Crippen molar-refractivity contribution in [2.24, 2.45) is 0 Å². The monoisotopic (exact) mass is 452 g/mol. The summed E-state index contributed by atoms with van der Waals surface area (Å²) in [6, 6.07) is 10.6. The smallest absolute Gasteiger partial charge is 0.332 e. The summed E-state index contributed by atoms with van der Waals surface area (Å²) in [6.07, 6.45) is 2.58. The maximum atomic E-state index is 12.6. The number of carbonyl (C=O) groups excluding carboxylic acids is 1. The second kappa shape index (κ2) is 8.44. The fourth-order valence-electron chi connectivity index (χ4n) is 2.75. The minimum atomic E-state index is -4.84. The molecule has 0 spiro atoms. The van der Waals surface area contributed by atoms with E-state index in [1.54, 1.807) is 24.3 Å². The summed E-state index contributed by atoms with van der Waals surface area (Å²) in [5.74, 6) is -0.903. The Balaban J connectivity index is 1.87. The first-order chi connectivity index (χ1) is 13.7. The van der Waals surface area contributed by atoms with Gasteiger partial charge >= 0.3 is 7.60 Å². The standard InChI is InChI=1S/C18H14ClN2O6PS/c19-12-4-5-16-14(9-12)15(10-29-16)17(28(25,26)27)18(22)20-7-6-11-2-1-3-13(8-11)21(23)24/h1-10,17H,(H,20,22)(H2,25,26,27)/b7-6+. The minimum absolute atomic E-state index is 0.117. The van der Waals surface area contributed by atoms with Crippen LogP contribution in [0.2, 0.25) is 5.02 Å². The lowest BCUT2D eigenvalue weighted by Crippen LogP contribution is -2.25. The van der Waals surface area contributed by atoms with Crippen LogP contribution in [0, 0.1) is 10.1 Å². The average Bonchev–Trinajstić information content (AvgIpc) is 3.03. The first kappa shape index (κ1) is 21.2. The van der Waals surface area contributed by atoms with E-state index in [-0.39, 0.29) is 11.3 Å². The average molecular weight is 453 g/mol. The molecule has 0 saturated carbocycles. The van der Waals surface area contributed by atoms with Crippen molar-refractivity contribution >= 4 is 58.3 Å². The van der Waals surface area contributed by atoms with Gasteiger partial charge in [-0.2, -0.15) is 0 Å². The van der Waals surface area contributed by atoms with Gasteiger partial charge in [-0.15, -0.1) is 11.3 Å². The topological polar surface area (TPSA) is 130 Å². The molecule has 11 heteroatoms. The Morgan fingerprint density at radius 1 is 1.28 bits per heavy atom.